The second kappa shape index (κ2) is 3.28. The first kappa shape index (κ1) is 8.21. The summed E-state index contributed by atoms with van der Waals surface area (Å²) in [5, 5.41) is 0. The highest BCUT2D eigenvalue weighted by molar-refractivity contribution is 5.85. The quantitative estimate of drug-likeness (QED) is 0.573. The third-order valence-corrected chi connectivity index (χ3v) is 1.56. The average Bonchev–Trinajstić information content (AvgIpc) is 1.65. The van der Waals surface area contributed by atoms with Crippen LogP contribution in [0, 0.1) is 0 Å². The fourth-order valence-electron chi connectivity index (χ4n) is 0.788. The van der Waals surface area contributed by atoms with E-state index in [1.165, 1.54) is 0 Å². The zero-order valence-corrected chi connectivity index (χ0v) is 5.78. The predicted octanol–water partition coefficient (Wildman–Crippen LogP) is 0.544. The molecule has 1 fully saturated rings. The number of nitrogens with two attached hydrogens (primary N) is 1. The van der Waals surface area contributed by atoms with Crippen molar-refractivity contribution in [1.29, 1.82) is 0 Å². The van der Waals surface area contributed by atoms with E-state index in [2.05, 4.69) is 0 Å². The number of ether oxygens (including phenoxy) is 1. The third kappa shape index (κ3) is 1.34. The molecule has 1 rings (SSSR count). The Kier molecular flexibility index (Phi) is 3.36. The Morgan fingerprint density at radius 1 is 1.50 bits per heavy atom. The van der Waals surface area contributed by atoms with Gasteiger partial charge in [-0.05, 0) is 12.8 Å². The lowest BCUT2D eigenvalue weighted by molar-refractivity contribution is 0.0213. The summed E-state index contributed by atoms with van der Waals surface area (Å²) in [4.78, 5) is 0. The van der Waals surface area contributed by atoms with Gasteiger partial charge in [-0.2, -0.15) is 0 Å². The van der Waals surface area contributed by atoms with Crippen molar-refractivity contribution in [2.24, 2.45) is 5.73 Å². The minimum Gasteiger partial charge on any atom is -0.380 e. The molecule has 0 bridgehead atoms. The van der Waals surface area contributed by atoms with E-state index in [9.17, 15) is 0 Å². The summed E-state index contributed by atoms with van der Waals surface area (Å²) in [6, 6.07) is 0.324. The molecule has 50 valence electrons. The molecule has 0 heterocycles. The first-order valence-electron chi connectivity index (χ1n) is 2.63. The molecule has 0 aliphatic heterocycles. The van der Waals surface area contributed by atoms with Gasteiger partial charge in [-0.15, -0.1) is 12.4 Å². The zero-order chi connectivity index (χ0) is 5.28. The molecule has 1 aliphatic rings. The first-order valence-corrected chi connectivity index (χ1v) is 2.63. The van der Waals surface area contributed by atoms with E-state index in [4.69, 9.17) is 10.5 Å². The van der Waals surface area contributed by atoms with Gasteiger partial charge in [0, 0.05) is 13.2 Å². The van der Waals surface area contributed by atoms with E-state index in [-0.39, 0.29) is 12.4 Å². The number of hydrogen-bond donors (Lipinski definition) is 1. The maximum Gasteiger partial charge on any atom is 0.0722 e. The van der Waals surface area contributed by atoms with Gasteiger partial charge in [0.1, 0.15) is 0 Å². The van der Waals surface area contributed by atoms with Gasteiger partial charge in [-0.25, -0.2) is 0 Å². The fraction of sp³-hybridized carbons (Fsp3) is 1.00. The lowest BCUT2D eigenvalue weighted by atomic mass is 9.90. The van der Waals surface area contributed by atoms with E-state index in [0.717, 1.165) is 12.8 Å². The molecule has 2 nitrogen and oxygen atoms in total. The highest BCUT2D eigenvalue weighted by Crippen LogP contribution is 2.19. The summed E-state index contributed by atoms with van der Waals surface area (Å²) in [5.74, 6) is 0. The Morgan fingerprint density at radius 2 is 2.12 bits per heavy atom. The molecule has 1 aliphatic carbocycles. The Labute approximate surface area is 55.8 Å². The molecule has 2 atom stereocenters. The van der Waals surface area contributed by atoms with Crippen molar-refractivity contribution >= 4 is 12.4 Å². The highest BCUT2D eigenvalue weighted by Gasteiger charge is 2.26. The molecule has 0 unspecified atom stereocenters. The smallest absolute Gasteiger partial charge is 0.0722 e. The molecular formula is C5H12ClNO. The number of rotatable bonds is 1. The second-order valence-corrected chi connectivity index (χ2v) is 2.02. The van der Waals surface area contributed by atoms with E-state index in [1.54, 1.807) is 7.11 Å². The van der Waals surface area contributed by atoms with E-state index in [0.29, 0.717) is 12.1 Å². The zero-order valence-electron chi connectivity index (χ0n) is 4.96. The summed E-state index contributed by atoms with van der Waals surface area (Å²) >= 11 is 0. The molecule has 1 saturated carbocycles. The fourth-order valence-corrected chi connectivity index (χ4v) is 0.788. The summed E-state index contributed by atoms with van der Waals surface area (Å²) in [6.07, 6.45) is 2.65. The molecule has 8 heavy (non-hydrogen) atoms. The SMILES string of the molecule is CO[C@@H]1CC[C@H]1N.Cl. The minimum atomic E-state index is 0. The van der Waals surface area contributed by atoms with Crippen molar-refractivity contribution in [3.8, 4) is 0 Å². The molecule has 3 heteroatoms. The number of methoxy groups -OCH3 is 1. The molecule has 0 saturated heterocycles. The van der Waals surface area contributed by atoms with E-state index in [1.807, 2.05) is 0 Å². The van der Waals surface area contributed by atoms with E-state index < -0.39 is 0 Å². The molecule has 0 aromatic carbocycles. The Morgan fingerprint density at radius 3 is 2.12 bits per heavy atom. The normalized spacial score (nSPS) is 35.2. The molecule has 0 amide bonds. The molecule has 0 aromatic rings. The van der Waals surface area contributed by atoms with Crippen molar-refractivity contribution in [1.82, 2.24) is 0 Å². The molecule has 0 radical (unpaired) electrons. The van der Waals surface area contributed by atoms with Gasteiger partial charge in [0.2, 0.25) is 0 Å². The first-order chi connectivity index (χ1) is 3.34. The molecule has 0 aromatic heterocycles. The lowest BCUT2D eigenvalue weighted by Crippen LogP contribution is -2.45. The lowest BCUT2D eigenvalue weighted by Gasteiger charge is -2.31. The van der Waals surface area contributed by atoms with Crippen LogP contribution in [0.4, 0.5) is 0 Å². The van der Waals surface area contributed by atoms with Crippen LogP contribution in [0.3, 0.4) is 0 Å². The van der Waals surface area contributed by atoms with Crippen LogP contribution in [0.1, 0.15) is 12.8 Å². The second-order valence-electron chi connectivity index (χ2n) is 2.02. The van der Waals surface area contributed by atoms with Gasteiger partial charge in [-0.3, -0.25) is 0 Å². The van der Waals surface area contributed by atoms with Crippen LogP contribution in [0.2, 0.25) is 0 Å². The van der Waals surface area contributed by atoms with Crippen LogP contribution in [-0.2, 0) is 4.74 Å². The number of halogens is 1. The Balaban J connectivity index is 0.000000490. The van der Waals surface area contributed by atoms with Crippen LogP contribution in [0.25, 0.3) is 0 Å². The Bertz CT molecular complexity index is 67.4. The van der Waals surface area contributed by atoms with Gasteiger partial charge >= 0.3 is 0 Å². The predicted molar refractivity (Wildman–Crippen MR) is 35.3 cm³/mol. The summed E-state index contributed by atoms with van der Waals surface area (Å²) in [7, 11) is 1.71. The van der Waals surface area contributed by atoms with Crippen molar-refractivity contribution in [3.63, 3.8) is 0 Å². The van der Waals surface area contributed by atoms with Gasteiger partial charge in [0.25, 0.3) is 0 Å². The van der Waals surface area contributed by atoms with Gasteiger partial charge < -0.3 is 10.5 Å². The van der Waals surface area contributed by atoms with Crippen molar-refractivity contribution in [2.75, 3.05) is 7.11 Å². The van der Waals surface area contributed by atoms with Crippen LogP contribution in [0.5, 0.6) is 0 Å². The summed E-state index contributed by atoms with van der Waals surface area (Å²) in [5.41, 5.74) is 5.51. The topological polar surface area (TPSA) is 35.2 Å². The van der Waals surface area contributed by atoms with Crippen molar-refractivity contribution < 1.29 is 4.74 Å². The minimum absolute atomic E-state index is 0. The maximum atomic E-state index is 5.51. The highest BCUT2D eigenvalue weighted by atomic mass is 35.5. The molecule has 0 spiro atoms. The van der Waals surface area contributed by atoms with Crippen LogP contribution >= 0.6 is 12.4 Å². The van der Waals surface area contributed by atoms with Crippen molar-refractivity contribution in [3.05, 3.63) is 0 Å². The van der Waals surface area contributed by atoms with Crippen LogP contribution < -0.4 is 5.73 Å². The standard InChI is InChI=1S/C5H11NO.ClH/c1-7-5-3-2-4(5)6;/h4-5H,2-3,6H2,1H3;1H/t4-,5-;/m1./s1. The third-order valence-electron chi connectivity index (χ3n) is 1.56. The van der Waals surface area contributed by atoms with Crippen LogP contribution in [0.15, 0.2) is 0 Å². The maximum absolute atomic E-state index is 5.51. The summed E-state index contributed by atoms with van der Waals surface area (Å²) < 4.78 is 4.97. The molecular weight excluding hydrogens is 126 g/mol. The van der Waals surface area contributed by atoms with Gasteiger partial charge in [-0.1, -0.05) is 0 Å². The molecule has 2 N–H and O–H groups in total. The van der Waals surface area contributed by atoms with Crippen LogP contribution in [-0.4, -0.2) is 19.3 Å². The van der Waals surface area contributed by atoms with Gasteiger partial charge in [0.15, 0.2) is 0 Å². The Hall–Kier alpha value is 0.210. The van der Waals surface area contributed by atoms with E-state index >= 15 is 0 Å². The number of hydrogen-bond acceptors (Lipinski definition) is 2. The largest absolute Gasteiger partial charge is 0.380 e. The van der Waals surface area contributed by atoms with Gasteiger partial charge in [0.05, 0.1) is 6.10 Å². The van der Waals surface area contributed by atoms with Crippen molar-refractivity contribution in [2.45, 2.75) is 25.0 Å². The summed E-state index contributed by atoms with van der Waals surface area (Å²) in [6.45, 7) is 0. The monoisotopic (exact) mass is 137 g/mol. The average molecular weight is 138 g/mol.